The molecule has 2 aromatic carbocycles. The van der Waals surface area contributed by atoms with Gasteiger partial charge in [0.15, 0.2) is 5.29 Å². The lowest BCUT2D eigenvalue weighted by molar-refractivity contribution is -0.129. The minimum absolute atomic E-state index is 0.105. The molecule has 2 heterocycles. The summed E-state index contributed by atoms with van der Waals surface area (Å²) in [6.07, 6.45) is 0. The van der Waals surface area contributed by atoms with E-state index in [1.54, 1.807) is 7.05 Å². The van der Waals surface area contributed by atoms with Crippen molar-refractivity contribution in [1.82, 2.24) is 4.37 Å². The van der Waals surface area contributed by atoms with Crippen molar-refractivity contribution < 1.29 is 9.47 Å². The Balaban J connectivity index is 1.65. The molecule has 0 aliphatic carbocycles. The van der Waals surface area contributed by atoms with Gasteiger partial charge in [-0.3, -0.25) is 4.99 Å². The van der Waals surface area contributed by atoms with Crippen LogP contribution in [0.3, 0.4) is 0 Å². The number of nitrogens with zero attached hydrogens (tertiary/aromatic N) is 2. The highest BCUT2D eigenvalue weighted by Gasteiger charge is 2.40. The minimum atomic E-state index is -0.864. The SMILES string of the molecule is CN=C(Cl)Nc1cc(C(C)c2cccc(C3(c4ccccc4)OCCO3)c2)ns1. The molecule has 0 bridgehead atoms. The first kappa shape index (κ1) is 20.0. The standard InChI is InChI=1S/C22H22ClN3O2S/c1-15(19-14-20(29-26-19)25-21(23)24-2)16-7-6-10-18(13-16)22(27-11-12-28-22)17-8-4-3-5-9-17/h3-10,13-15H,11-12H2,1-2H3,(H,24,25). The molecule has 7 heteroatoms. The Bertz CT molecular complexity index is 1000. The molecule has 1 saturated heterocycles. The van der Waals surface area contributed by atoms with Crippen LogP contribution in [0, 0.1) is 0 Å². The zero-order valence-electron chi connectivity index (χ0n) is 16.3. The number of halogens is 1. The summed E-state index contributed by atoms with van der Waals surface area (Å²) in [4.78, 5) is 3.91. The molecule has 150 valence electrons. The van der Waals surface area contributed by atoms with Crippen molar-refractivity contribution in [2.24, 2.45) is 4.99 Å². The van der Waals surface area contributed by atoms with E-state index in [9.17, 15) is 0 Å². The lowest BCUT2D eigenvalue weighted by Gasteiger charge is -2.29. The van der Waals surface area contributed by atoms with Gasteiger partial charge in [0, 0.05) is 24.1 Å². The van der Waals surface area contributed by atoms with Gasteiger partial charge >= 0.3 is 0 Å². The van der Waals surface area contributed by atoms with Crippen LogP contribution in [0.2, 0.25) is 0 Å². The van der Waals surface area contributed by atoms with E-state index in [1.807, 2.05) is 42.5 Å². The molecule has 5 nitrogen and oxygen atoms in total. The third-order valence-electron chi connectivity index (χ3n) is 5.01. The van der Waals surface area contributed by atoms with Crippen molar-refractivity contribution in [3.63, 3.8) is 0 Å². The van der Waals surface area contributed by atoms with Gasteiger partial charge in [0.2, 0.25) is 5.79 Å². The van der Waals surface area contributed by atoms with Crippen molar-refractivity contribution in [1.29, 1.82) is 0 Å². The number of anilines is 1. The van der Waals surface area contributed by atoms with Gasteiger partial charge in [-0.2, -0.15) is 4.37 Å². The Morgan fingerprint density at radius 2 is 1.83 bits per heavy atom. The van der Waals surface area contributed by atoms with Crippen molar-refractivity contribution in [2.75, 3.05) is 25.6 Å². The average Bonchev–Trinajstić information content (AvgIpc) is 3.44. The summed E-state index contributed by atoms with van der Waals surface area (Å²) in [6, 6.07) is 20.4. The van der Waals surface area contributed by atoms with E-state index in [0.29, 0.717) is 18.5 Å². The van der Waals surface area contributed by atoms with Gasteiger partial charge < -0.3 is 14.8 Å². The fourth-order valence-electron chi connectivity index (χ4n) is 3.46. The Morgan fingerprint density at radius 1 is 1.10 bits per heavy atom. The number of amidine groups is 1. The third-order valence-corrected chi connectivity index (χ3v) is 5.99. The Labute approximate surface area is 179 Å². The van der Waals surface area contributed by atoms with Gasteiger partial charge in [-0.1, -0.05) is 55.5 Å². The summed E-state index contributed by atoms with van der Waals surface area (Å²) in [5, 5.41) is 4.24. The van der Waals surface area contributed by atoms with Gasteiger partial charge in [-0.05, 0) is 40.8 Å². The van der Waals surface area contributed by atoms with Crippen molar-refractivity contribution in [2.45, 2.75) is 18.6 Å². The largest absolute Gasteiger partial charge is 0.340 e. The van der Waals surface area contributed by atoms with Crippen LogP contribution in [-0.2, 0) is 15.3 Å². The molecule has 1 atom stereocenters. The Kier molecular flexibility index (Phi) is 5.96. The molecule has 0 radical (unpaired) electrons. The number of benzene rings is 2. The quantitative estimate of drug-likeness (QED) is 0.346. The summed E-state index contributed by atoms with van der Waals surface area (Å²) in [7, 11) is 1.64. The molecular weight excluding hydrogens is 406 g/mol. The number of hydrogen-bond donors (Lipinski definition) is 1. The van der Waals surface area contributed by atoms with Crippen molar-refractivity contribution in [3.8, 4) is 0 Å². The number of aromatic nitrogens is 1. The highest BCUT2D eigenvalue weighted by Crippen LogP contribution is 2.39. The maximum absolute atomic E-state index is 6.14. The number of rotatable bonds is 5. The van der Waals surface area contributed by atoms with Crippen LogP contribution in [0.15, 0.2) is 65.7 Å². The van der Waals surface area contributed by atoms with E-state index in [1.165, 1.54) is 11.5 Å². The maximum atomic E-state index is 6.14. The summed E-state index contributed by atoms with van der Waals surface area (Å²) in [6.45, 7) is 3.27. The monoisotopic (exact) mass is 427 g/mol. The summed E-state index contributed by atoms with van der Waals surface area (Å²) in [5.74, 6) is -0.759. The van der Waals surface area contributed by atoms with Crippen LogP contribution in [0.1, 0.15) is 35.2 Å². The smallest absolute Gasteiger partial charge is 0.222 e. The molecule has 3 aromatic rings. The van der Waals surface area contributed by atoms with Crippen LogP contribution >= 0.6 is 23.1 Å². The summed E-state index contributed by atoms with van der Waals surface area (Å²) < 4.78 is 16.9. The first-order valence-corrected chi connectivity index (χ1v) is 10.6. The zero-order valence-corrected chi connectivity index (χ0v) is 17.8. The van der Waals surface area contributed by atoms with Crippen molar-refractivity contribution in [3.05, 3.63) is 83.0 Å². The van der Waals surface area contributed by atoms with Gasteiger partial charge in [-0.15, -0.1) is 0 Å². The fraction of sp³-hybridized carbons (Fsp3) is 0.273. The Hall–Kier alpha value is -2.25. The predicted molar refractivity (Wildman–Crippen MR) is 118 cm³/mol. The predicted octanol–water partition coefficient (Wildman–Crippen LogP) is 5.18. The summed E-state index contributed by atoms with van der Waals surface area (Å²) in [5.41, 5.74) is 4.09. The molecule has 29 heavy (non-hydrogen) atoms. The second kappa shape index (κ2) is 8.63. The molecular formula is C22H22ClN3O2S. The van der Waals surface area contributed by atoms with E-state index in [2.05, 4.69) is 39.8 Å². The number of aliphatic imine (C=N–C) groups is 1. The normalized spacial score (nSPS) is 17.3. The van der Waals surface area contributed by atoms with E-state index in [4.69, 9.17) is 21.1 Å². The number of hydrogen-bond acceptors (Lipinski definition) is 5. The average molecular weight is 428 g/mol. The second-order valence-electron chi connectivity index (χ2n) is 6.78. The molecule has 1 unspecified atom stereocenters. The Morgan fingerprint density at radius 3 is 2.55 bits per heavy atom. The lowest BCUT2D eigenvalue weighted by atomic mass is 9.91. The van der Waals surface area contributed by atoms with Gasteiger partial charge in [0.1, 0.15) is 5.00 Å². The van der Waals surface area contributed by atoms with Crippen LogP contribution in [0.5, 0.6) is 0 Å². The van der Waals surface area contributed by atoms with E-state index < -0.39 is 5.79 Å². The number of nitrogens with one attached hydrogen (secondary N) is 1. The van der Waals surface area contributed by atoms with Gasteiger partial charge in [0.05, 0.1) is 18.9 Å². The minimum Gasteiger partial charge on any atom is -0.340 e. The van der Waals surface area contributed by atoms with E-state index in [0.717, 1.165) is 27.4 Å². The lowest BCUT2D eigenvalue weighted by Crippen LogP contribution is -2.28. The second-order valence-corrected chi connectivity index (χ2v) is 7.95. The van der Waals surface area contributed by atoms with Crippen LogP contribution in [0.25, 0.3) is 0 Å². The van der Waals surface area contributed by atoms with Gasteiger partial charge in [-0.25, -0.2) is 0 Å². The first-order valence-electron chi connectivity index (χ1n) is 9.42. The molecule has 1 N–H and O–H groups in total. The molecule has 0 amide bonds. The molecule has 1 aromatic heterocycles. The van der Waals surface area contributed by atoms with E-state index >= 15 is 0 Å². The van der Waals surface area contributed by atoms with Crippen molar-refractivity contribution >= 4 is 33.4 Å². The molecule has 1 aliphatic heterocycles. The molecule has 1 aliphatic rings. The van der Waals surface area contributed by atoms with Crippen LogP contribution in [-0.4, -0.2) is 29.9 Å². The van der Waals surface area contributed by atoms with Crippen LogP contribution in [0.4, 0.5) is 5.00 Å². The maximum Gasteiger partial charge on any atom is 0.222 e. The highest BCUT2D eigenvalue weighted by molar-refractivity contribution is 7.10. The summed E-state index contributed by atoms with van der Waals surface area (Å²) >= 11 is 7.33. The van der Waals surface area contributed by atoms with E-state index in [-0.39, 0.29) is 5.92 Å². The number of ether oxygens (including phenoxy) is 2. The fourth-order valence-corrected chi connectivity index (χ4v) is 4.35. The topological polar surface area (TPSA) is 55.7 Å². The zero-order chi connectivity index (χ0) is 20.3. The van der Waals surface area contributed by atoms with Gasteiger partial charge in [0.25, 0.3) is 0 Å². The molecule has 0 spiro atoms. The molecule has 4 rings (SSSR count). The molecule has 0 saturated carbocycles. The van der Waals surface area contributed by atoms with Crippen LogP contribution < -0.4 is 5.32 Å². The third kappa shape index (κ3) is 4.07. The molecule has 1 fully saturated rings. The highest BCUT2D eigenvalue weighted by atomic mass is 35.5. The first-order chi connectivity index (χ1) is 14.1.